The van der Waals surface area contributed by atoms with Crippen LogP contribution in [0.25, 0.3) is 0 Å². The Bertz CT molecular complexity index is 984. The average molecular weight is 449 g/mol. The number of fused-ring (bicyclic) bond motifs is 1. The van der Waals surface area contributed by atoms with E-state index in [1.54, 1.807) is 7.11 Å². The second kappa shape index (κ2) is 9.80. The first-order valence-corrected chi connectivity index (χ1v) is 12.7. The van der Waals surface area contributed by atoms with Crippen molar-refractivity contribution < 1.29 is 9.53 Å². The highest BCUT2D eigenvalue weighted by molar-refractivity contribution is 6.00. The Balaban J connectivity index is 1.32. The van der Waals surface area contributed by atoms with E-state index in [1.807, 2.05) is 24.0 Å². The minimum atomic E-state index is 0.139. The molecular formula is C27H36N4O2. The Morgan fingerprint density at radius 1 is 1.03 bits per heavy atom. The zero-order valence-electron chi connectivity index (χ0n) is 20.1. The number of nitrogens with zero attached hydrogens (tertiary/aromatic N) is 4. The van der Waals surface area contributed by atoms with Crippen LogP contribution in [0, 0.1) is 6.92 Å². The van der Waals surface area contributed by atoms with Crippen molar-refractivity contribution in [3.63, 3.8) is 0 Å². The molecule has 2 fully saturated rings. The fourth-order valence-electron chi connectivity index (χ4n) is 5.84. The number of likely N-dealkylation sites (tertiary alicyclic amines) is 1. The quantitative estimate of drug-likeness (QED) is 0.654. The molecule has 0 spiro atoms. The van der Waals surface area contributed by atoms with Crippen molar-refractivity contribution >= 4 is 11.7 Å². The van der Waals surface area contributed by atoms with Crippen LogP contribution in [0.1, 0.15) is 73.5 Å². The largest absolute Gasteiger partial charge is 0.497 e. The van der Waals surface area contributed by atoms with Gasteiger partial charge in [-0.05, 0) is 63.3 Å². The first kappa shape index (κ1) is 22.3. The smallest absolute Gasteiger partial charge is 0.232 e. The van der Waals surface area contributed by atoms with Gasteiger partial charge in [-0.2, -0.15) is 0 Å². The molecule has 3 aliphatic rings. The zero-order valence-corrected chi connectivity index (χ0v) is 20.1. The second-order valence-corrected chi connectivity index (χ2v) is 9.92. The molecular weight excluding hydrogens is 412 g/mol. The lowest BCUT2D eigenvalue weighted by molar-refractivity contribution is -0.117. The fourth-order valence-corrected chi connectivity index (χ4v) is 5.84. The molecule has 2 aliphatic heterocycles. The molecule has 0 bridgehead atoms. The number of rotatable bonds is 6. The van der Waals surface area contributed by atoms with E-state index in [9.17, 15) is 4.79 Å². The normalized spacial score (nSPS) is 21.9. The maximum atomic E-state index is 12.9. The molecule has 1 aromatic heterocycles. The lowest BCUT2D eigenvalue weighted by atomic mass is 9.90. The van der Waals surface area contributed by atoms with Crippen LogP contribution < -0.4 is 9.64 Å². The van der Waals surface area contributed by atoms with E-state index in [-0.39, 0.29) is 5.91 Å². The summed E-state index contributed by atoms with van der Waals surface area (Å²) in [7, 11) is 1.68. The molecule has 6 nitrogen and oxygen atoms in total. The van der Waals surface area contributed by atoms with Gasteiger partial charge in [0.15, 0.2) is 0 Å². The molecule has 5 rings (SSSR count). The van der Waals surface area contributed by atoms with Crippen LogP contribution in [-0.4, -0.2) is 53.6 Å². The maximum Gasteiger partial charge on any atom is 0.232 e. The number of aryl methyl sites for hydroxylation is 1. The third kappa shape index (κ3) is 4.77. The average Bonchev–Trinajstić information content (AvgIpc) is 3.19. The van der Waals surface area contributed by atoms with Crippen molar-refractivity contribution in [1.29, 1.82) is 0 Å². The van der Waals surface area contributed by atoms with Gasteiger partial charge < -0.3 is 4.74 Å². The lowest BCUT2D eigenvalue weighted by Crippen LogP contribution is -2.43. The van der Waals surface area contributed by atoms with Gasteiger partial charge in [-0.3, -0.25) is 14.6 Å². The Kier molecular flexibility index (Phi) is 6.63. The van der Waals surface area contributed by atoms with Gasteiger partial charge in [0.2, 0.25) is 5.91 Å². The Morgan fingerprint density at radius 2 is 1.82 bits per heavy atom. The van der Waals surface area contributed by atoms with E-state index in [1.165, 1.54) is 50.6 Å². The highest BCUT2D eigenvalue weighted by atomic mass is 16.5. The minimum Gasteiger partial charge on any atom is -0.497 e. The molecule has 0 N–H and O–H groups in total. The molecule has 1 atom stereocenters. The number of carbonyl (C=O) groups is 1. The number of hydrogen-bond donors (Lipinski definition) is 0. The number of amides is 1. The monoisotopic (exact) mass is 448 g/mol. The summed E-state index contributed by atoms with van der Waals surface area (Å²) in [5, 5.41) is 0. The molecule has 1 saturated heterocycles. The number of hydrogen-bond acceptors (Lipinski definition) is 5. The predicted molar refractivity (Wildman–Crippen MR) is 130 cm³/mol. The van der Waals surface area contributed by atoms with Gasteiger partial charge in [0.25, 0.3) is 0 Å². The van der Waals surface area contributed by atoms with E-state index in [4.69, 9.17) is 14.7 Å². The molecule has 1 aromatic carbocycles. The number of methoxy groups -OCH3 is 1. The van der Waals surface area contributed by atoms with Crippen LogP contribution in [0.5, 0.6) is 5.75 Å². The van der Waals surface area contributed by atoms with Gasteiger partial charge in [0.05, 0.1) is 13.5 Å². The van der Waals surface area contributed by atoms with Crippen LogP contribution in [0.2, 0.25) is 0 Å². The molecule has 1 amide bonds. The molecule has 1 aliphatic carbocycles. The third-order valence-electron chi connectivity index (χ3n) is 7.79. The van der Waals surface area contributed by atoms with E-state index in [2.05, 4.69) is 17.0 Å². The van der Waals surface area contributed by atoms with Crippen molar-refractivity contribution in [3.8, 4) is 5.75 Å². The molecule has 6 heteroatoms. The summed E-state index contributed by atoms with van der Waals surface area (Å²) >= 11 is 0. The van der Waals surface area contributed by atoms with Crippen LogP contribution >= 0.6 is 0 Å². The molecule has 176 valence electrons. The summed E-state index contributed by atoms with van der Waals surface area (Å²) in [4.78, 5) is 27.4. The molecule has 33 heavy (non-hydrogen) atoms. The highest BCUT2D eigenvalue weighted by Gasteiger charge is 2.34. The van der Waals surface area contributed by atoms with Gasteiger partial charge in [-0.1, -0.05) is 31.4 Å². The maximum absolute atomic E-state index is 12.9. The lowest BCUT2D eigenvalue weighted by Gasteiger charge is -2.39. The first-order chi connectivity index (χ1) is 16.1. The topological polar surface area (TPSA) is 58.6 Å². The number of carbonyl (C=O) groups excluding carboxylic acids is 1. The van der Waals surface area contributed by atoms with Gasteiger partial charge in [0.1, 0.15) is 17.4 Å². The van der Waals surface area contributed by atoms with E-state index in [0.717, 1.165) is 54.1 Å². The number of ether oxygens (including phenoxy) is 1. The van der Waals surface area contributed by atoms with E-state index in [0.29, 0.717) is 18.9 Å². The summed E-state index contributed by atoms with van der Waals surface area (Å²) < 4.78 is 5.26. The van der Waals surface area contributed by atoms with Crippen molar-refractivity contribution in [1.82, 2.24) is 14.9 Å². The standard InChI is InChI=1S/C27H36N4O2/c1-19-24-17-25(32)31(16-14-20-10-12-23(33-2)13-11-20)27(24)29-26(28-19)21-7-6-15-30(18-21)22-8-4-3-5-9-22/h10-13,21-22H,3-9,14-18H2,1-2H3. The first-order valence-electron chi connectivity index (χ1n) is 12.7. The molecule has 1 saturated carbocycles. The third-order valence-corrected chi connectivity index (χ3v) is 7.79. The molecule has 0 radical (unpaired) electrons. The van der Waals surface area contributed by atoms with Crippen LogP contribution in [0.15, 0.2) is 24.3 Å². The molecule has 3 heterocycles. The number of anilines is 1. The van der Waals surface area contributed by atoms with E-state index >= 15 is 0 Å². The second-order valence-electron chi connectivity index (χ2n) is 9.92. The summed E-state index contributed by atoms with van der Waals surface area (Å²) in [5.74, 6) is 3.15. The van der Waals surface area contributed by atoms with Crippen LogP contribution in [0.3, 0.4) is 0 Å². The van der Waals surface area contributed by atoms with Crippen LogP contribution in [-0.2, 0) is 17.6 Å². The fraction of sp³-hybridized carbons (Fsp3) is 0.593. The number of aromatic nitrogens is 2. The summed E-state index contributed by atoms with van der Waals surface area (Å²) in [6, 6.07) is 8.82. The predicted octanol–water partition coefficient (Wildman–Crippen LogP) is 4.44. The zero-order chi connectivity index (χ0) is 22.8. The van der Waals surface area contributed by atoms with Crippen molar-refractivity contribution in [3.05, 3.63) is 46.9 Å². The summed E-state index contributed by atoms with van der Waals surface area (Å²) in [6.45, 7) is 4.96. The van der Waals surface area contributed by atoms with Crippen molar-refractivity contribution in [2.24, 2.45) is 0 Å². The SMILES string of the molecule is COc1ccc(CCN2C(=O)Cc3c(C)nc(C4CCCN(C5CCCCC5)C4)nc32)cc1. The Morgan fingerprint density at radius 3 is 2.58 bits per heavy atom. The number of benzene rings is 1. The van der Waals surface area contributed by atoms with Gasteiger partial charge >= 0.3 is 0 Å². The molecule has 1 unspecified atom stereocenters. The highest BCUT2D eigenvalue weighted by Crippen LogP contribution is 2.34. The Labute approximate surface area is 197 Å². The van der Waals surface area contributed by atoms with Crippen LogP contribution in [0.4, 0.5) is 5.82 Å². The number of piperidine rings is 1. The Hall–Kier alpha value is -2.47. The van der Waals surface area contributed by atoms with Gasteiger partial charge in [0, 0.05) is 36.3 Å². The van der Waals surface area contributed by atoms with Gasteiger partial charge in [-0.25, -0.2) is 9.97 Å². The molecule has 2 aromatic rings. The van der Waals surface area contributed by atoms with Crippen molar-refractivity contribution in [2.75, 3.05) is 31.6 Å². The summed E-state index contributed by atoms with van der Waals surface area (Å²) in [6.07, 6.45) is 10.4. The summed E-state index contributed by atoms with van der Waals surface area (Å²) in [5.41, 5.74) is 3.18. The van der Waals surface area contributed by atoms with Gasteiger partial charge in [-0.15, -0.1) is 0 Å². The minimum absolute atomic E-state index is 0.139. The van der Waals surface area contributed by atoms with Crippen molar-refractivity contribution in [2.45, 2.75) is 76.7 Å². The van der Waals surface area contributed by atoms with E-state index < -0.39 is 0 Å².